The standard InChI is InChI=1S/C11H13ClN2O3.C11H10N2O4/c1-8(15)17-10-3-4-11(12)14-7-13-6-5-9(10)16-2;1-6(14)17-10-3-7-8(4-9(10)16-2)12-5-13-11(7)15/h3-7,11H,1-2H3,(H,13,14);3-5H,1-2H3,(H,12,13,15)/b4-3+,6-5?,10-9?;. The normalized spacial score (nSPS) is 16.0. The van der Waals surface area contributed by atoms with E-state index in [-0.39, 0.29) is 17.1 Å². The molecule has 0 amide bonds. The molecule has 0 bridgehead atoms. The maximum absolute atomic E-state index is 11.5. The lowest BCUT2D eigenvalue weighted by Crippen LogP contribution is -2.08. The number of esters is 2. The number of hydrogen-bond acceptors (Lipinski definition) is 10. The molecule has 12 heteroatoms. The smallest absolute Gasteiger partial charge is 0.308 e. The Labute approximate surface area is 199 Å². The Kier molecular flexibility index (Phi) is 9.84. The Bertz CT molecular complexity index is 1220. The molecule has 1 aliphatic heterocycles. The van der Waals surface area contributed by atoms with Crippen molar-refractivity contribution in [2.75, 3.05) is 14.2 Å². The van der Waals surface area contributed by atoms with E-state index >= 15 is 0 Å². The van der Waals surface area contributed by atoms with Gasteiger partial charge in [0.2, 0.25) is 0 Å². The lowest BCUT2D eigenvalue weighted by Gasteiger charge is -2.09. The van der Waals surface area contributed by atoms with Crippen LogP contribution in [0, 0.1) is 0 Å². The molecule has 0 saturated heterocycles. The van der Waals surface area contributed by atoms with Gasteiger partial charge in [-0.2, -0.15) is 0 Å². The summed E-state index contributed by atoms with van der Waals surface area (Å²) in [5, 5.41) is 3.12. The number of hydrogen-bond donors (Lipinski definition) is 2. The quantitative estimate of drug-likeness (QED) is 0.286. The van der Waals surface area contributed by atoms with Crippen LogP contribution in [0.25, 0.3) is 10.9 Å². The molecule has 180 valence electrons. The molecule has 1 aromatic heterocycles. The predicted octanol–water partition coefficient (Wildman–Crippen LogP) is 2.53. The Morgan fingerprint density at radius 3 is 2.38 bits per heavy atom. The number of halogens is 1. The number of aromatic amines is 1. The number of carbonyl (C=O) groups excluding carboxylic acids is 2. The van der Waals surface area contributed by atoms with E-state index in [0.717, 1.165) is 0 Å². The minimum atomic E-state index is -0.544. The third kappa shape index (κ3) is 7.78. The van der Waals surface area contributed by atoms with Crippen molar-refractivity contribution in [2.24, 2.45) is 4.99 Å². The van der Waals surface area contributed by atoms with Crippen LogP contribution >= 0.6 is 11.6 Å². The van der Waals surface area contributed by atoms with Gasteiger partial charge in [0.15, 0.2) is 23.0 Å². The van der Waals surface area contributed by atoms with Gasteiger partial charge in [0.1, 0.15) is 5.50 Å². The number of aromatic nitrogens is 2. The first kappa shape index (κ1) is 26.1. The number of H-pyrrole nitrogens is 1. The average Bonchev–Trinajstić information content (AvgIpc) is 2.79. The maximum Gasteiger partial charge on any atom is 0.308 e. The van der Waals surface area contributed by atoms with Gasteiger partial charge in [-0.15, -0.1) is 0 Å². The van der Waals surface area contributed by atoms with E-state index in [4.69, 9.17) is 30.5 Å². The zero-order chi connectivity index (χ0) is 25.1. The van der Waals surface area contributed by atoms with Crippen molar-refractivity contribution >= 4 is 40.8 Å². The zero-order valence-corrected chi connectivity index (χ0v) is 19.6. The second-order valence-electron chi connectivity index (χ2n) is 6.38. The molecule has 2 N–H and O–H groups in total. The summed E-state index contributed by atoms with van der Waals surface area (Å²) in [5.41, 5.74) is -0.370. The highest BCUT2D eigenvalue weighted by atomic mass is 35.5. The van der Waals surface area contributed by atoms with E-state index in [9.17, 15) is 14.4 Å². The summed E-state index contributed by atoms with van der Waals surface area (Å²) in [6.45, 7) is 2.59. The first-order chi connectivity index (χ1) is 16.2. The number of benzene rings is 1. The number of methoxy groups -OCH3 is 2. The summed E-state index contributed by atoms with van der Waals surface area (Å²) in [4.78, 5) is 43.8. The molecule has 2 heterocycles. The van der Waals surface area contributed by atoms with Gasteiger partial charge in [0, 0.05) is 32.2 Å². The summed E-state index contributed by atoms with van der Waals surface area (Å²) in [5.74, 6) is 0.316. The number of ether oxygens (including phenoxy) is 4. The largest absolute Gasteiger partial charge is 0.493 e. The molecule has 3 rings (SSSR count). The number of carbonyl (C=O) groups is 2. The minimum Gasteiger partial charge on any atom is -0.493 e. The third-order valence-electron chi connectivity index (χ3n) is 3.92. The van der Waals surface area contributed by atoms with Gasteiger partial charge in [0.25, 0.3) is 5.56 Å². The van der Waals surface area contributed by atoms with E-state index in [2.05, 4.69) is 20.3 Å². The van der Waals surface area contributed by atoms with Crippen LogP contribution in [0.5, 0.6) is 11.5 Å². The fourth-order valence-electron chi connectivity index (χ4n) is 2.54. The molecule has 1 aromatic carbocycles. The van der Waals surface area contributed by atoms with Crippen LogP contribution in [0.2, 0.25) is 0 Å². The highest BCUT2D eigenvalue weighted by Crippen LogP contribution is 2.30. The summed E-state index contributed by atoms with van der Waals surface area (Å²) < 4.78 is 20.1. The van der Waals surface area contributed by atoms with Crippen molar-refractivity contribution in [3.8, 4) is 11.5 Å². The molecule has 1 atom stereocenters. The fraction of sp³-hybridized carbons (Fsp3) is 0.227. The first-order valence-electron chi connectivity index (χ1n) is 9.72. The topological polar surface area (TPSA) is 141 Å². The highest BCUT2D eigenvalue weighted by Gasteiger charge is 2.11. The molecule has 1 unspecified atom stereocenters. The summed E-state index contributed by atoms with van der Waals surface area (Å²) in [7, 11) is 2.93. The molecule has 34 heavy (non-hydrogen) atoms. The molecule has 2 aromatic rings. The second kappa shape index (κ2) is 12.8. The van der Waals surface area contributed by atoms with Gasteiger partial charge >= 0.3 is 11.9 Å². The second-order valence-corrected chi connectivity index (χ2v) is 6.83. The number of nitrogens with one attached hydrogen (secondary N) is 2. The van der Waals surface area contributed by atoms with E-state index in [1.54, 1.807) is 30.5 Å². The summed E-state index contributed by atoms with van der Waals surface area (Å²) >= 11 is 5.86. The number of alkyl halides is 1. The molecule has 0 aliphatic carbocycles. The van der Waals surface area contributed by atoms with Crippen molar-refractivity contribution in [3.63, 3.8) is 0 Å². The van der Waals surface area contributed by atoms with Gasteiger partial charge in [-0.05, 0) is 18.2 Å². The van der Waals surface area contributed by atoms with Gasteiger partial charge in [-0.1, -0.05) is 11.6 Å². The van der Waals surface area contributed by atoms with Gasteiger partial charge in [-0.3, -0.25) is 19.4 Å². The van der Waals surface area contributed by atoms with E-state index in [1.165, 1.54) is 46.8 Å². The third-order valence-corrected chi connectivity index (χ3v) is 4.18. The van der Waals surface area contributed by atoms with E-state index in [1.807, 2.05) is 0 Å². The Balaban J connectivity index is 0.000000240. The monoisotopic (exact) mass is 490 g/mol. The molecule has 11 nitrogen and oxygen atoms in total. The van der Waals surface area contributed by atoms with Crippen LogP contribution in [-0.2, 0) is 19.1 Å². The minimum absolute atomic E-state index is 0.200. The number of nitrogens with zero attached hydrogens (tertiary/aromatic N) is 2. The van der Waals surface area contributed by atoms with E-state index in [0.29, 0.717) is 22.4 Å². The number of allylic oxidation sites excluding steroid dienone is 2. The zero-order valence-electron chi connectivity index (χ0n) is 18.8. The van der Waals surface area contributed by atoms with Crippen LogP contribution in [0.1, 0.15) is 13.8 Å². The lowest BCUT2D eigenvalue weighted by atomic mass is 10.2. The van der Waals surface area contributed by atoms with Crippen molar-refractivity contribution < 1.29 is 28.5 Å². The molecule has 0 spiro atoms. The first-order valence-corrected chi connectivity index (χ1v) is 10.2. The SMILES string of the molecule is COC1=C(OC(C)=O)/C=C/C(Cl)N=CNC=C1.COc1cc2nc[nH]c(=O)c2cc1OC(C)=O. The molecular weight excluding hydrogens is 468 g/mol. The Morgan fingerprint density at radius 1 is 1.00 bits per heavy atom. The summed E-state index contributed by atoms with van der Waals surface area (Å²) in [6, 6.07) is 2.98. The van der Waals surface area contributed by atoms with Crippen molar-refractivity contribution in [2.45, 2.75) is 19.3 Å². The number of rotatable bonds is 4. The average molecular weight is 491 g/mol. The number of fused-ring (bicyclic) bond motifs is 1. The molecule has 0 fully saturated rings. The molecule has 1 aliphatic rings. The number of aliphatic imine (C=N–C) groups is 1. The predicted molar refractivity (Wildman–Crippen MR) is 126 cm³/mol. The van der Waals surface area contributed by atoms with E-state index < -0.39 is 17.4 Å². The van der Waals surface area contributed by atoms with Gasteiger partial charge in [0.05, 0.1) is 37.8 Å². The highest BCUT2D eigenvalue weighted by molar-refractivity contribution is 6.22. The van der Waals surface area contributed by atoms with Crippen molar-refractivity contribution in [1.29, 1.82) is 0 Å². The van der Waals surface area contributed by atoms with Crippen LogP contribution in [0.4, 0.5) is 0 Å². The van der Waals surface area contributed by atoms with Crippen LogP contribution in [0.15, 0.2) is 64.2 Å². The summed E-state index contributed by atoms with van der Waals surface area (Å²) in [6.07, 6.45) is 9.09. The van der Waals surface area contributed by atoms with Crippen LogP contribution in [-0.4, -0.2) is 48.0 Å². The van der Waals surface area contributed by atoms with Gasteiger partial charge in [-0.25, -0.2) is 4.98 Å². The van der Waals surface area contributed by atoms with Crippen molar-refractivity contribution in [1.82, 2.24) is 15.3 Å². The van der Waals surface area contributed by atoms with Crippen molar-refractivity contribution in [3.05, 3.63) is 64.8 Å². The van der Waals surface area contributed by atoms with Gasteiger partial charge < -0.3 is 29.2 Å². The lowest BCUT2D eigenvalue weighted by molar-refractivity contribution is -0.136. The molecule has 0 radical (unpaired) electrons. The fourth-order valence-corrected chi connectivity index (χ4v) is 2.67. The van der Waals surface area contributed by atoms with Crippen LogP contribution in [0.3, 0.4) is 0 Å². The molecular formula is C22H23ClN4O7. The Hall–Kier alpha value is -4.12. The maximum atomic E-state index is 11.5. The van der Waals surface area contributed by atoms with Crippen LogP contribution < -0.4 is 20.3 Å². The Morgan fingerprint density at radius 2 is 1.74 bits per heavy atom. The molecule has 0 saturated carbocycles.